The van der Waals surface area contributed by atoms with Gasteiger partial charge in [0.2, 0.25) is 0 Å². The fraction of sp³-hybridized carbons (Fsp3) is 0.214. The maximum Gasteiger partial charge on any atom is 0.333 e. The second-order valence-electron chi connectivity index (χ2n) is 3.58. The molecular formula is C14H17NO2. The average molecular weight is 231 g/mol. The minimum atomic E-state index is -0.339. The van der Waals surface area contributed by atoms with E-state index in [-0.39, 0.29) is 12.6 Å². The minimum Gasteiger partial charge on any atom is -0.461 e. The van der Waals surface area contributed by atoms with Crippen molar-refractivity contribution in [3.63, 3.8) is 0 Å². The fourth-order valence-electron chi connectivity index (χ4n) is 1.39. The molecule has 2 N–H and O–H groups in total. The first-order valence-corrected chi connectivity index (χ1v) is 5.46. The largest absolute Gasteiger partial charge is 0.461 e. The highest BCUT2D eigenvalue weighted by molar-refractivity contribution is 5.93. The number of esters is 1. The van der Waals surface area contributed by atoms with Crippen LogP contribution in [-0.2, 0) is 9.53 Å². The lowest BCUT2D eigenvalue weighted by Gasteiger charge is -2.04. The highest BCUT2D eigenvalue weighted by Gasteiger charge is 2.05. The van der Waals surface area contributed by atoms with Gasteiger partial charge in [0.25, 0.3) is 0 Å². The van der Waals surface area contributed by atoms with E-state index in [1.54, 1.807) is 19.1 Å². The monoisotopic (exact) mass is 231 g/mol. The van der Waals surface area contributed by atoms with Crippen LogP contribution < -0.4 is 5.73 Å². The molecule has 0 radical (unpaired) electrons. The van der Waals surface area contributed by atoms with Crippen molar-refractivity contribution in [3.05, 3.63) is 47.5 Å². The van der Waals surface area contributed by atoms with Crippen molar-refractivity contribution < 1.29 is 9.53 Å². The molecule has 0 bridgehead atoms. The summed E-state index contributed by atoms with van der Waals surface area (Å²) >= 11 is 0. The fourth-order valence-corrected chi connectivity index (χ4v) is 1.39. The van der Waals surface area contributed by atoms with Crippen LogP contribution in [0.2, 0.25) is 0 Å². The van der Waals surface area contributed by atoms with Gasteiger partial charge in [-0.25, -0.2) is 4.79 Å². The van der Waals surface area contributed by atoms with E-state index in [1.165, 1.54) is 0 Å². The Hall–Kier alpha value is -1.87. The summed E-state index contributed by atoms with van der Waals surface area (Å²) < 4.78 is 4.94. The van der Waals surface area contributed by atoms with E-state index in [1.807, 2.05) is 24.3 Å². The Kier molecular flexibility index (Phi) is 5.17. The van der Waals surface area contributed by atoms with Crippen LogP contribution in [0.25, 0.3) is 12.2 Å². The summed E-state index contributed by atoms with van der Waals surface area (Å²) in [6.45, 7) is 6.03. The molecule has 1 aromatic carbocycles. The average Bonchev–Trinajstić information content (AvgIpc) is 2.36. The molecular weight excluding hydrogens is 214 g/mol. The molecule has 0 saturated heterocycles. The van der Waals surface area contributed by atoms with Crippen molar-refractivity contribution in [1.29, 1.82) is 0 Å². The molecule has 0 saturated carbocycles. The zero-order chi connectivity index (χ0) is 12.7. The van der Waals surface area contributed by atoms with Crippen molar-refractivity contribution in [2.75, 3.05) is 13.2 Å². The summed E-state index contributed by atoms with van der Waals surface area (Å²) in [7, 11) is 0. The summed E-state index contributed by atoms with van der Waals surface area (Å²) in [5.74, 6) is -0.339. The number of benzene rings is 1. The lowest BCUT2D eigenvalue weighted by Crippen LogP contribution is -2.14. The molecule has 0 unspecified atom stereocenters. The summed E-state index contributed by atoms with van der Waals surface area (Å²) in [5.41, 5.74) is 7.75. The van der Waals surface area contributed by atoms with Crippen LogP contribution >= 0.6 is 0 Å². The number of rotatable bonds is 5. The molecule has 0 heterocycles. The summed E-state index contributed by atoms with van der Waals surface area (Å²) in [6.07, 6.45) is 3.54. The molecule has 0 fully saturated rings. The Morgan fingerprint density at radius 2 is 2.06 bits per heavy atom. The highest BCUT2D eigenvalue weighted by Crippen LogP contribution is 2.14. The van der Waals surface area contributed by atoms with Gasteiger partial charge in [-0.3, -0.25) is 0 Å². The normalized spacial score (nSPS) is 11.1. The second-order valence-corrected chi connectivity index (χ2v) is 3.58. The number of hydrogen-bond acceptors (Lipinski definition) is 3. The molecule has 0 spiro atoms. The van der Waals surface area contributed by atoms with Crippen molar-refractivity contribution in [2.45, 2.75) is 6.92 Å². The maximum atomic E-state index is 11.5. The number of hydrogen-bond donors (Lipinski definition) is 1. The Labute approximate surface area is 102 Å². The van der Waals surface area contributed by atoms with Crippen molar-refractivity contribution in [2.24, 2.45) is 5.73 Å². The SMILES string of the molecule is C=Cc1ccccc1/C=C(\C)C(=O)OCCN. The predicted octanol–water partition coefficient (Wildman–Crippen LogP) is 2.23. The van der Waals surface area contributed by atoms with Crippen molar-refractivity contribution >= 4 is 18.1 Å². The van der Waals surface area contributed by atoms with E-state index >= 15 is 0 Å². The van der Waals surface area contributed by atoms with Gasteiger partial charge in [0, 0.05) is 12.1 Å². The van der Waals surface area contributed by atoms with Gasteiger partial charge in [-0.2, -0.15) is 0 Å². The molecule has 0 aliphatic heterocycles. The molecule has 1 aromatic rings. The van der Waals surface area contributed by atoms with Crippen LogP contribution in [0.15, 0.2) is 36.4 Å². The van der Waals surface area contributed by atoms with Gasteiger partial charge in [-0.1, -0.05) is 36.9 Å². The Balaban J connectivity index is 2.86. The Morgan fingerprint density at radius 3 is 2.65 bits per heavy atom. The zero-order valence-electron chi connectivity index (χ0n) is 9.98. The molecule has 90 valence electrons. The number of carbonyl (C=O) groups is 1. The number of carbonyl (C=O) groups excluding carboxylic acids is 1. The minimum absolute atomic E-state index is 0.243. The number of ether oxygens (including phenoxy) is 1. The third-order valence-electron chi connectivity index (χ3n) is 2.26. The number of nitrogens with two attached hydrogens (primary N) is 1. The van der Waals surface area contributed by atoms with Gasteiger partial charge in [-0.15, -0.1) is 0 Å². The molecule has 17 heavy (non-hydrogen) atoms. The molecule has 0 aliphatic rings. The lowest BCUT2D eigenvalue weighted by molar-refractivity contribution is -0.138. The van der Waals surface area contributed by atoms with Crippen LogP contribution in [0.5, 0.6) is 0 Å². The summed E-state index contributed by atoms with van der Waals surface area (Å²) in [5, 5.41) is 0. The van der Waals surface area contributed by atoms with Gasteiger partial charge >= 0.3 is 5.97 Å². The molecule has 0 amide bonds. The van der Waals surface area contributed by atoms with Gasteiger partial charge in [-0.05, 0) is 24.1 Å². The van der Waals surface area contributed by atoms with E-state index in [0.29, 0.717) is 12.1 Å². The highest BCUT2D eigenvalue weighted by atomic mass is 16.5. The van der Waals surface area contributed by atoms with E-state index in [9.17, 15) is 4.79 Å². The van der Waals surface area contributed by atoms with Crippen LogP contribution in [-0.4, -0.2) is 19.1 Å². The quantitative estimate of drug-likeness (QED) is 0.624. The summed E-state index contributed by atoms with van der Waals surface area (Å²) in [6, 6.07) is 7.71. The lowest BCUT2D eigenvalue weighted by atomic mass is 10.1. The first-order chi connectivity index (χ1) is 8.19. The smallest absolute Gasteiger partial charge is 0.333 e. The van der Waals surface area contributed by atoms with Gasteiger partial charge in [0.1, 0.15) is 6.61 Å². The van der Waals surface area contributed by atoms with Crippen LogP contribution in [0.4, 0.5) is 0 Å². The zero-order valence-corrected chi connectivity index (χ0v) is 9.98. The van der Waals surface area contributed by atoms with Gasteiger partial charge < -0.3 is 10.5 Å². The first-order valence-electron chi connectivity index (χ1n) is 5.46. The van der Waals surface area contributed by atoms with Gasteiger partial charge in [0.05, 0.1) is 0 Å². The van der Waals surface area contributed by atoms with Crippen LogP contribution in [0.1, 0.15) is 18.1 Å². The summed E-state index contributed by atoms with van der Waals surface area (Å²) in [4.78, 5) is 11.5. The molecule has 0 aromatic heterocycles. The molecule has 0 atom stereocenters. The van der Waals surface area contributed by atoms with Crippen molar-refractivity contribution in [1.82, 2.24) is 0 Å². The molecule has 3 nitrogen and oxygen atoms in total. The predicted molar refractivity (Wildman–Crippen MR) is 70.2 cm³/mol. The van der Waals surface area contributed by atoms with Crippen molar-refractivity contribution in [3.8, 4) is 0 Å². The standard InChI is InChI=1S/C14H17NO2/c1-3-12-6-4-5-7-13(12)10-11(2)14(16)17-9-8-15/h3-7,10H,1,8-9,15H2,2H3/b11-10+. The van der Waals surface area contributed by atoms with E-state index in [0.717, 1.165) is 11.1 Å². The molecule has 1 rings (SSSR count). The first kappa shape index (κ1) is 13.2. The molecule has 0 aliphatic carbocycles. The van der Waals surface area contributed by atoms with E-state index in [2.05, 4.69) is 6.58 Å². The third-order valence-corrected chi connectivity index (χ3v) is 2.26. The Morgan fingerprint density at radius 1 is 1.41 bits per heavy atom. The van der Waals surface area contributed by atoms with Crippen LogP contribution in [0.3, 0.4) is 0 Å². The Bertz CT molecular complexity index is 436. The second kappa shape index (κ2) is 6.66. The maximum absolute atomic E-state index is 11.5. The van der Waals surface area contributed by atoms with E-state index in [4.69, 9.17) is 10.5 Å². The van der Waals surface area contributed by atoms with Gasteiger partial charge in [0.15, 0.2) is 0 Å². The molecule has 3 heteroatoms. The van der Waals surface area contributed by atoms with E-state index < -0.39 is 0 Å². The topological polar surface area (TPSA) is 52.3 Å². The third kappa shape index (κ3) is 3.89. The van der Waals surface area contributed by atoms with Crippen LogP contribution in [0, 0.1) is 0 Å².